The lowest BCUT2D eigenvalue weighted by Crippen LogP contribution is -2.26. The molecule has 1 aromatic heterocycles. The molecule has 0 spiro atoms. The van der Waals surface area contributed by atoms with Gasteiger partial charge >= 0.3 is 0 Å². The molecular formula is C14H15N3O2S. The average molecular weight is 289 g/mol. The van der Waals surface area contributed by atoms with Gasteiger partial charge in [0.05, 0.1) is 0 Å². The Morgan fingerprint density at radius 1 is 1.35 bits per heavy atom. The molecule has 5 nitrogen and oxygen atoms in total. The summed E-state index contributed by atoms with van der Waals surface area (Å²) in [7, 11) is 1.68. The van der Waals surface area contributed by atoms with Crippen LogP contribution >= 0.6 is 11.3 Å². The molecule has 20 heavy (non-hydrogen) atoms. The summed E-state index contributed by atoms with van der Waals surface area (Å²) in [6.07, 6.45) is 1.65. The first-order valence-corrected chi connectivity index (χ1v) is 6.93. The minimum atomic E-state index is -0.161. The largest absolute Gasteiger partial charge is 0.326 e. The molecule has 0 aliphatic heterocycles. The van der Waals surface area contributed by atoms with Crippen molar-refractivity contribution in [2.24, 2.45) is 0 Å². The number of hydrogen-bond acceptors (Lipinski definition) is 4. The summed E-state index contributed by atoms with van der Waals surface area (Å²) in [5.74, 6) is -0.322. The fourth-order valence-corrected chi connectivity index (χ4v) is 2.35. The second-order valence-electron chi connectivity index (χ2n) is 4.39. The number of anilines is 2. The van der Waals surface area contributed by atoms with E-state index in [9.17, 15) is 9.59 Å². The predicted octanol–water partition coefficient (Wildman–Crippen LogP) is 2.69. The Kier molecular flexibility index (Phi) is 4.14. The minimum absolute atomic E-state index is 0.161. The van der Waals surface area contributed by atoms with Crippen molar-refractivity contribution in [1.82, 2.24) is 4.98 Å². The third kappa shape index (κ3) is 3.03. The molecule has 0 radical (unpaired) electrons. The number of rotatable bonds is 3. The Morgan fingerprint density at radius 3 is 2.70 bits per heavy atom. The van der Waals surface area contributed by atoms with E-state index in [1.807, 2.05) is 18.4 Å². The van der Waals surface area contributed by atoms with Crippen LogP contribution in [0, 0.1) is 6.92 Å². The van der Waals surface area contributed by atoms with Gasteiger partial charge in [0.1, 0.15) is 0 Å². The molecule has 0 saturated heterocycles. The van der Waals surface area contributed by atoms with Gasteiger partial charge in [-0.25, -0.2) is 4.98 Å². The van der Waals surface area contributed by atoms with Gasteiger partial charge in [0, 0.05) is 36.8 Å². The summed E-state index contributed by atoms with van der Waals surface area (Å²) in [4.78, 5) is 29.1. The zero-order valence-corrected chi connectivity index (χ0v) is 12.3. The van der Waals surface area contributed by atoms with Gasteiger partial charge < -0.3 is 5.32 Å². The van der Waals surface area contributed by atoms with Crippen LogP contribution in [-0.4, -0.2) is 23.8 Å². The topological polar surface area (TPSA) is 62.3 Å². The Hall–Kier alpha value is -2.21. The highest BCUT2D eigenvalue weighted by atomic mass is 32.1. The van der Waals surface area contributed by atoms with Gasteiger partial charge in [0.25, 0.3) is 5.91 Å². The van der Waals surface area contributed by atoms with E-state index in [1.165, 1.54) is 23.2 Å². The SMILES string of the molecule is CC(=O)Nc1cc(C(=O)N(C)c2nccs2)ccc1C. The first-order valence-electron chi connectivity index (χ1n) is 6.05. The van der Waals surface area contributed by atoms with Crippen LogP contribution in [0.3, 0.4) is 0 Å². The Bertz CT molecular complexity index is 638. The molecule has 2 aromatic rings. The fraction of sp³-hybridized carbons (Fsp3) is 0.214. The maximum absolute atomic E-state index is 12.4. The Balaban J connectivity index is 2.28. The first-order chi connectivity index (χ1) is 9.49. The monoisotopic (exact) mass is 289 g/mol. The van der Waals surface area contributed by atoms with Gasteiger partial charge in [-0.1, -0.05) is 6.07 Å². The van der Waals surface area contributed by atoms with Crippen LogP contribution in [-0.2, 0) is 4.79 Å². The van der Waals surface area contributed by atoms with Gasteiger partial charge in [-0.2, -0.15) is 0 Å². The summed E-state index contributed by atoms with van der Waals surface area (Å²) in [6, 6.07) is 5.24. The van der Waals surface area contributed by atoms with Gasteiger partial charge in [-0.15, -0.1) is 11.3 Å². The number of benzene rings is 1. The van der Waals surface area contributed by atoms with Crippen LogP contribution in [0.1, 0.15) is 22.8 Å². The molecule has 0 atom stereocenters. The third-order valence-corrected chi connectivity index (χ3v) is 3.65. The van der Waals surface area contributed by atoms with Crippen LogP contribution in [0.4, 0.5) is 10.8 Å². The van der Waals surface area contributed by atoms with E-state index in [1.54, 1.807) is 25.4 Å². The first kappa shape index (κ1) is 14.2. The Morgan fingerprint density at radius 2 is 2.10 bits per heavy atom. The van der Waals surface area contributed by atoms with Gasteiger partial charge in [0.15, 0.2) is 5.13 Å². The molecule has 1 heterocycles. The van der Waals surface area contributed by atoms with E-state index in [2.05, 4.69) is 10.3 Å². The molecule has 0 fully saturated rings. The lowest BCUT2D eigenvalue weighted by molar-refractivity contribution is -0.114. The van der Waals surface area contributed by atoms with E-state index in [-0.39, 0.29) is 11.8 Å². The molecule has 0 bridgehead atoms. The number of aromatic nitrogens is 1. The van der Waals surface area contributed by atoms with E-state index >= 15 is 0 Å². The van der Waals surface area contributed by atoms with Crippen LogP contribution in [0.5, 0.6) is 0 Å². The average Bonchev–Trinajstić information content (AvgIpc) is 2.93. The maximum Gasteiger partial charge on any atom is 0.259 e. The van der Waals surface area contributed by atoms with Crippen LogP contribution < -0.4 is 10.2 Å². The van der Waals surface area contributed by atoms with Crippen molar-refractivity contribution in [2.45, 2.75) is 13.8 Å². The smallest absolute Gasteiger partial charge is 0.259 e. The van der Waals surface area contributed by atoms with Crippen molar-refractivity contribution >= 4 is 34.0 Å². The van der Waals surface area contributed by atoms with E-state index < -0.39 is 0 Å². The second kappa shape index (κ2) is 5.83. The third-order valence-electron chi connectivity index (χ3n) is 2.81. The van der Waals surface area contributed by atoms with Crippen molar-refractivity contribution in [2.75, 3.05) is 17.3 Å². The van der Waals surface area contributed by atoms with Gasteiger partial charge in [-0.3, -0.25) is 14.5 Å². The van der Waals surface area contributed by atoms with Crippen molar-refractivity contribution in [1.29, 1.82) is 0 Å². The summed E-state index contributed by atoms with van der Waals surface area (Å²) in [6.45, 7) is 3.32. The number of thiazole rings is 1. The highest BCUT2D eigenvalue weighted by Crippen LogP contribution is 2.21. The highest BCUT2D eigenvalue weighted by Gasteiger charge is 2.16. The number of carbonyl (C=O) groups excluding carboxylic acids is 2. The number of amides is 2. The normalized spacial score (nSPS) is 10.2. The summed E-state index contributed by atoms with van der Waals surface area (Å²) in [5.41, 5.74) is 2.07. The number of aryl methyl sites for hydroxylation is 1. The van der Waals surface area contributed by atoms with Crippen LogP contribution in [0.2, 0.25) is 0 Å². The van der Waals surface area contributed by atoms with Crippen molar-refractivity contribution in [3.8, 4) is 0 Å². The molecule has 104 valence electrons. The lowest BCUT2D eigenvalue weighted by Gasteiger charge is -2.15. The standard InChI is InChI=1S/C14H15N3O2S/c1-9-4-5-11(8-12(9)16-10(2)18)13(19)17(3)14-15-6-7-20-14/h4-8H,1-3H3,(H,16,18). The van der Waals surface area contributed by atoms with Crippen LogP contribution in [0.25, 0.3) is 0 Å². The molecule has 0 aliphatic rings. The number of nitrogens with one attached hydrogen (secondary N) is 1. The quantitative estimate of drug-likeness (QED) is 0.945. The highest BCUT2D eigenvalue weighted by molar-refractivity contribution is 7.13. The zero-order chi connectivity index (χ0) is 14.7. The molecule has 1 N–H and O–H groups in total. The molecule has 0 saturated carbocycles. The molecule has 0 unspecified atom stereocenters. The van der Waals surface area contributed by atoms with E-state index in [4.69, 9.17) is 0 Å². The molecule has 1 aromatic carbocycles. The zero-order valence-electron chi connectivity index (χ0n) is 11.5. The van der Waals surface area contributed by atoms with E-state index in [0.29, 0.717) is 16.4 Å². The number of hydrogen-bond donors (Lipinski definition) is 1. The summed E-state index contributed by atoms with van der Waals surface area (Å²) < 4.78 is 0. The predicted molar refractivity (Wildman–Crippen MR) is 80.3 cm³/mol. The maximum atomic E-state index is 12.4. The van der Waals surface area contributed by atoms with Gasteiger partial charge in [0.2, 0.25) is 5.91 Å². The van der Waals surface area contributed by atoms with Crippen LogP contribution in [0.15, 0.2) is 29.8 Å². The fourth-order valence-electron chi connectivity index (χ4n) is 1.74. The number of nitrogens with zero attached hydrogens (tertiary/aromatic N) is 2. The molecular weight excluding hydrogens is 274 g/mol. The molecule has 2 rings (SSSR count). The Labute approximate surface area is 121 Å². The lowest BCUT2D eigenvalue weighted by atomic mass is 10.1. The molecule has 0 aliphatic carbocycles. The summed E-state index contributed by atoms with van der Waals surface area (Å²) in [5, 5.41) is 5.17. The van der Waals surface area contributed by atoms with Crippen molar-refractivity contribution in [3.05, 3.63) is 40.9 Å². The van der Waals surface area contributed by atoms with Crippen molar-refractivity contribution < 1.29 is 9.59 Å². The van der Waals surface area contributed by atoms with Gasteiger partial charge in [-0.05, 0) is 24.6 Å². The summed E-state index contributed by atoms with van der Waals surface area (Å²) >= 11 is 1.40. The molecule has 2 amide bonds. The van der Waals surface area contributed by atoms with Crippen molar-refractivity contribution in [3.63, 3.8) is 0 Å². The molecule has 6 heteroatoms. The minimum Gasteiger partial charge on any atom is -0.326 e. The second-order valence-corrected chi connectivity index (χ2v) is 5.26. The van der Waals surface area contributed by atoms with E-state index in [0.717, 1.165) is 5.56 Å². The number of carbonyl (C=O) groups is 2.